The van der Waals surface area contributed by atoms with E-state index in [1.165, 1.54) is 0 Å². The lowest BCUT2D eigenvalue weighted by Crippen LogP contribution is -2.23. The highest BCUT2D eigenvalue weighted by atomic mass is 19.4. The maximum atomic E-state index is 12.6. The summed E-state index contributed by atoms with van der Waals surface area (Å²) in [5, 5.41) is 0. The molecule has 17 heavy (non-hydrogen) atoms. The van der Waals surface area contributed by atoms with Crippen LogP contribution in [0.15, 0.2) is 6.20 Å². The molecule has 7 heteroatoms. The minimum absolute atomic E-state index is 0.0421. The Labute approximate surface area is 95.5 Å². The summed E-state index contributed by atoms with van der Waals surface area (Å²) >= 11 is 0. The second kappa shape index (κ2) is 4.31. The van der Waals surface area contributed by atoms with Crippen LogP contribution in [0.1, 0.15) is 28.9 Å². The molecule has 0 radical (unpaired) electrons. The summed E-state index contributed by atoms with van der Waals surface area (Å²) in [4.78, 5) is 19.4. The normalized spacial score (nSPS) is 16.3. The Morgan fingerprint density at radius 2 is 1.94 bits per heavy atom. The second-order valence-electron chi connectivity index (χ2n) is 3.78. The molecule has 92 valence electrons. The maximum Gasteiger partial charge on any atom is 0.434 e. The molecule has 0 bridgehead atoms. The van der Waals surface area contributed by atoms with E-state index in [0.29, 0.717) is 13.1 Å². The van der Waals surface area contributed by atoms with E-state index in [1.54, 1.807) is 4.90 Å². The summed E-state index contributed by atoms with van der Waals surface area (Å²) in [6.07, 6.45) is -1.75. The first-order valence-electron chi connectivity index (χ1n) is 5.17. The Hall–Kier alpha value is -1.66. The molecular formula is C10H10F3N3O. The third kappa shape index (κ3) is 2.37. The molecule has 0 N–H and O–H groups in total. The lowest BCUT2D eigenvalue weighted by molar-refractivity contribution is -0.141. The third-order valence-corrected chi connectivity index (χ3v) is 2.59. The van der Waals surface area contributed by atoms with Gasteiger partial charge in [0.1, 0.15) is 0 Å². The van der Waals surface area contributed by atoms with Crippen LogP contribution in [-0.4, -0.2) is 29.3 Å². The number of carbonyl (C=O) groups excluding carboxylic acids is 1. The molecule has 1 aromatic rings. The average Bonchev–Trinajstić information content (AvgIpc) is 2.80. The van der Waals surface area contributed by atoms with Gasteiger partial charge < -0.3 is 4.90 Å². The number of aromatic nitrogens is 2. The fraction of sp³-hybridized carbons (Fsp3) is 0.500. The lowest BCUT2D eigenvalue weighted by Gasteiger charge is -2.17. The Morgan fingerprint density at radius 1 is 1.29 bits per heavy atom. The number of halogens is 3. The van der Waals surface area contributed by atoms with Crippen molar-refractivity contribution in [3.05, 3.63) is 17.5 Å². The van der Waals surface area contributed by atoms with Crippen LogP contribution in [-0.2, 0) is 6.18 Å². The van der Waals surface area contributed by atoms with Crippen molar-refractivity contribution in [1.82, 2.24) is 9.97 Å². The van der Waals surface area contributed by atoms with Crippen LogP contribution in [0.5, 0.6) is 0 Å². The number of nitrogens with zero attached hydrogens (tertiary/aromatic N) is 3. The van der Waals surface area contributed by atoms with Gasteiger partial charge in [0, 0.05) is 19.3 Å². The number of carbonyl (C=O) groups is 1. The predicted molar refractivity (Wildman–Crippen MR) is 53.9 cm³/mol. The quantitative estimate of drug-likeness (QED) is 0.747. The van der Waals surface area contributed by atoms with Crippen molar-refractivity contribution in [3.63, 3.8) is 0 Å². The van der Waals surface area contributed by atoms with Gasteiger partial charge in [-0.3, -0.25) is 4.79 Å². The van der Waals surface area contributed by atoms with Crippen LogP contribution >= 0.6 is 0 Å². The fourth-order valence-electron chi connectivity index (χ4n) is 1.76. The Morgan fingerprint density at radius 3 is 2.47 bits per heavy atom. The largest absolute Gasteiger partial charge is 0.434 e. The highest BCUT2D eigenvalue weighted by Gasteiger charge is 2.36. The number of hydrogen-bond donors (Lipinski definition) is 0. The van der Waals surface area contributed by atoms with E-state index in [1.807, 2.05) is 0 Å². The van der Waals surface area contributed by atoms with E-state index < -0.39 is 17.4 Å². The summed E-state index contributed by atoms with van der Waals surface area (Å²) < 4.78 is 37.9. The first-order chi connectivity index (χ1) is 8.02. The van der Waals surface area contributed by atoms with Crippen molar-refractivity contribution in [2.75, 3.05) is 18.0 Å². The SMILES string of the molecule is O=Cc1cnc(N2CCCC2)nc1C(F)(F)F. The zero-order valence-corrected chi connectivity index (χ0v) is 8.87. The van der Waals surface area contributed by atoms with Crippen LogP contribution in [0.2, 0.25) is 0 Å². The molecule has 1 fully saturated rings. The molecule has 0 unspecified atom stereocenters. The van der Waals surface area contributed by atoms with E-state index in [-0.39, 0.29) is 12.2 Å². The fourth-order valence-corrected chi connectivity index (χ4v) is 1.76. The molecule has 1 saturated heterocycles. The van der Waals surface area contributed by atoms with Crippen molar-refractivity contribution in [2.24, 2.45) is 0 Å². The van der Waals surface area contributed by atoms with Crippen LogP contribution in [0.3, 0.4) is 0 Å². The van der Waals surface area contributed by atoms with Gasteiger partial charge in [-0.2, -0.15) is 13.2 Å². The summed E-state index contributed by atoms with van der Waals surface area (Å²) in [5.74, 6) is 0.0421. The number of aldehydes is 1. The zero-order chi connectivity index (χ0) is 12.5. The van der Waals surface area contributed by atoms with Crippen molar-refractivity contribution in [3.8, 4) is 0 Å². The Kier molecular flexibility index (Phi) is 2.99. The number of rotatable bonds is 2. The summed E-state index contributed by atoms with van der Waals surface area (Å²) in [6, 6.07) is 0. The monoisotopic (exact) mass is 245 g/mol. The van der Waals surface area contributed by atoms with Gasteiger partial charge in [-0.05, 0) is 12.8 Å². The summed E-state index contributed by atoms with van der Waals surface area (Å²) in [6.45, 7) is 1.30. The van der Waals surface area contributed by atoms with Crippen LogP contribution in [0.25, 0.3) is 0 Å². The van der Waals surface area contributed by atoms with Crippen molar-refractivity contribution in [2.45, 2.75) is 19.0 Å². The van der Waals surface area contributed by atoms with Gasteiger partial charge >= 0.3 is 6.18 Å². The molecule has 0 saturated carbocycles. The highest BCUT2D eigenvalue weighted by molar-refractivity contribution is 5.76. The van der Waals surface area contributed by atoms with Crippen LogP contribution in [0.4, 0.5) is 19.1 Å². The number of alkyl halides is 3. The average molecular weight is 245 g/mol. The van der Waals surface area contributed by atoms with E-state index in [9.17, 15) is 18.0 Å². The van der Waals surface area contributed by atoms with Crippen molar-refractivity contribution >= 4 is 12.2 Å². The van der Waals surface area contributed by atoms with E-state index in [4.69, 9.17) is 0 Å². The summed E-state index contributed by atoms with van der Waals surface area (Å²) in [7, 11) is 0. The number of hydrogen-bond acceptors (Lipinski definition) is 4. The molecule has 1 aliphatic rings. The molecule has 0 aromatic carbocycles. The van der Waals surface area contributed by atoms with Gasteiger partial charge in [0.15, 0.2) is 12.0 Å². The first kappa shape index (κ1) is 11.8. The molecule has 1 aromatic heterocycles. The molecule has 1 aliphatic heterocycles. The van der Waals surface area contributed by atoms with Gasteiger partial charge in [0.05, 0.1) is 5.56 Å². The van der Waals surface area contributed by atoms with Gasteiger partial charge in [-0.1, -0.05) is 0 Å². The topological polar surface area (TPSA) is 46.1 Å². The Balaban J connectivity index is 2.40. The van der Waals surface area contributed by atoms with Gasteiger partial charge in [0.2, 0.25) is 5.95 Å². The molecule has 4 nitrogen and oxygen atoms in total. The van der Waals surface area contributed by atoms with E-state index in [0.717, 1.165) is 19.0 Å². The molecule has 0 spiro atoms. The Bertz CT molecular complexity index is 427. The molecular weight excluding hydrogens is 235 g/mol. The predicted octanol–water partition coefficient (Wildman–Crippen LogP) is 1.91. The standard InChI is InChI=1S/C10H10F3N3O/c11-10(12,13)8-7(6-17)5-14-9(15-8)16-3-1-2-4-16/h5-6H,1-4H2. The lowest BCUT2D eigenvalue weighted by atomic mass is 10.2. The van der Waals surface area contributed by atoms with Gasteiger partial charge in [-0.25, -0.2) is 9.97 Å². The van der Waals surface area contributed by atoms with E-state index >= 15 is 0 Å². The molecule has 2 rings (SSSR count). The smallest absolute Gasteiger partial charge is 0.341 e. The van der Waals surface area contributed by atoms with Crippen LogP contribution < -0.4 is 4.90 Å². The van der Waals surface area contributed by atoms with Gasteiger partial charge in [0.25, 0.3) is 0 Å². The summed E-state index contributed by atoms with van der Waals surface area (Å²) in [5.41, 5.74) is -1.69. The highest BCUT2D eigenvalue weighted by Crippen LogP contribution is 2.31. The molecule has 0 aliphatic carbocycles. The van der Waals surface area contributed by atoms with E-state index in [2.05, 4.69) is 9.97 Å². The first-order valence-corrected chi connectivity index (χ1v) is 5.17. The molecule has 2 heterocycles. The minimum atomic E-state index is -4.63. The minimum Gasteiger partial charge on any atom is -0.341 e. The van der Waals surface area contributed by atoms with Crippen molar-refractivity contribution < 1.29 is 18.0 Å². The molecule has 0 atom stereocenters. The molecule has 0 amide bonds. The second-order valence-corrected chi connectivity index (χ2v) is 3.78. The van der Waals surface area contributed by atoms with Gasteiger partial charge in [-0.15, -0.1) is 0 Å². The van der Waals surface area contributed by atoms with Crippen molar-refractivity contribution in [1.29, 1.82) is 0 Å². The van der Waals surface area contributed by atoms with Crippen LogP contribution in [0, 0.1) is 0 Å². The zero-order valence-electron chi connectivity index (χ0n) is 8.87. The third-order valence-electron chi connectivity index (χ3n) is 2.59. The number of anilines is 1. The maximum absolute atomic E-state index is 12.6.